The van der Waals surface area contributed by atoms with Crippen LogP contribution in [-0.2, 0) is 42.9 Å². The minimum Gasteiger partial charge on any atom is -0.463 e. The first-order valence-corrected chi connectivity index (χ1v) is 12.6. The summed E-state index contributed by atoms with van der Waals surface area (Å²) in [4.78, 5) is 46.3. The van der Waals surface area contributed by atoms with Crippen molar-refractivity contribution in [3.05, 3.63) is 0 Å². The van der Waals surface area contributed by atoms with Gasteiger partial charge in [0.05, 0.1) is 0 Å². The Morgan fingerprint density at radius 1 is 0.793 bits per heavy atom. The average molecular weight is 429 g/mol. The summed E-state index contributed by atoms with van der Waals surface area (Å²) in [5.41, 5.74) is 3.13. The fraction of sp³-hybridized carbons (Fsp3) is 0.684. The van der Waals surface area contributed by atoms with E-state index < -0.39 is 62.5 Å². The lowest BCUT2D eigenvalue weighted by Crippen LogP contribution is -2.62. The van der Waals surface area contributed by atoms with Crippen molar-refractivity contribution in [3.63, 3.8) is 0 Å². The Labute approximate surface area is 171 Å². The van der Waals surface area contributed by atoms with Crippen LogP contribution in [0.3, 0.4) is 0 Å². The van der Waals surface area contributed by atoms with Gasteiger partial charge in [-0.25, -0.2) is 0 Å². The summed E-state index contributed by atoms with van der Waals surface area (Å²) in [6, 6.07) is 0. The molecule has 9 nitrogen and oxygen atoms in total. The molecule has 5 unspecified atom stereocenters. The molecule has 10 heteroatoms. The molecule has 1 aliphatic rings. The van der Waals surface area contributed by atoms with E-state index in [9.17, 15) is 19.2 Å². The summed E-state index contributed by atoms with van der Waals surface area (Å²) in [6.45, 7) is 10.6. The molecule has 29 heavy (non-hydrogen) atoms. The molecule has 0 aromatic heterocycles. The second kappa shape index (κ2) is 10.4. The lowest BCUT2D eigenvalue weighted by molar-refractivity contribution is -0.242. The average Bonchev–Trinajstić information content (AvgIpc) is 2.53. The van der Waals surface area contributed by atoms with Gasteiger partial charge in [0.1, 0.15) is 20.8 Å². The summed E-state index contributed by atoms with van der Waals surface area (Å²) in [6.07, 6.45) is -5.42. The van der Waals surface area contributed by atoms with E-state index in [1.54, 1.807) is 0 Å². The van der Waals surface area contributed by atoms with Gasteiger partial charge in [-0.1, -0.05) is 25.6 Å². The van der Waals surface area contributed by atoms with Gasteiger partial charge in [-0.3, -0.25) is 19.2 Å². The van der Waals surface area contributed by atoms with Gasteiger partial charge in [0.2, 0.25) is 0 Å². The highest BCUT2D eigenvalue weighted by Gasteiger charge is 2.51. The Morgan fingerprint density at radius 2 is 1.28 bits per heavy atom. The van der Waals surface area contributed by atoms with E-state index in [-0.39, 0.29) is 6.61 Å². The van der Waals surface area contributed by atoms with Crippen LogP contribution in [0, 0.1) is 11.5 Å². The molecule has 0 saturated carbocycles. The molecule has 1 rings (SSSR count). The highest BCUT2D eigenvalue weighted by Crippen LogP contribution is 2.29. The maximum Gasteiger partial charge on any atom is 0.303 e. The molecule has 5 atom stereocenters. The predicted molar refractivity (Wildman–Crippen MR) is 103 cm³/mol. The lowest BCUT2D eigenvalue weighted by atomic mass is 9.94. The third-order valence-corrected chi connectivity index (χ3v) is 4.47. The third-order valence-electron chi connectivity index (χ3n) is 3.58. The number of carbonyl (C=O) groups is 4. The molecule has 1 fully saturated rings. The van der Waals surface area contributed by atoms with Gasteiger partial charge in [-0.05, 0) is 0 Å². The van der Waals surface area contributed by atoms with E-state index in [1.807, 2.05) is 19.6 Å². The quantitative estimate of drug-likeness (QED) is 0.274. The molecular formula is C19H28O9Si. The Hall–Kier alpha value is -2.38. The van der Waals surface area contributed by atoms with Crippen molar-refractivity contribution < 1.29 is 42.9 Å². The van der Waals surface area contributed by atoms with Gasteiger partial charge in [0, 0.05) is 27.7 Å². The van der Waals surface area contributed by atoms with Crippen LogP contribution in [0.2, 0.25) is 19.6 Å². The van der Waals surface area contributed by atoms with Crippen molar-refractivity contribution in [3.8, 4) is 11.5 Å². The van der Waals surface area contributed by atoms with Crippen LogP contribution >= 0.6 is 0 Å². The van der Waals surface area contributed by atoms with E-state index in [0.717, 1.165) is 0 Å². The number of hydrogen-bond acceptors (Lipinski definition) is 9. The Balaban J connectivity index is 3.41. The van der Waals surface area contributed by atoms with Gasteiger partial charge >= 0.3 is 23.9 Å². The zero-order valence-corrected chi connectivity index (χ0v) is 18.8. The normalized spacial score (nSPS) is 26.4. The van der Waals surface area contributed by atoms with Gasteiger partial charge < -0.3 is 23.7 Å². The Bertz CT molecular complexity index is 701. The van der Waals surface area contributed by atoms with Crippen molar-refractivity contribution >= 4 is 32.0 Å². The molecule has 1 aliphatic heterocycles. The minimum absolute atomic E-state index is 0.261. The van der Waals surface area contributed by atoms with Crippen LogP contribution in [-0.4, -0.2) is 69.1 Å². The molecule has 0 N–H and O–H groups in total. The number of carbonyl (C=O) groups excluding carboxylic acids is 4. The molecule has 0 aromatic carbocycles. The van der Waals surface area contributed by atoms with Crippen molar-refractivity contribution in [1.82, 2.24) is 0 Å². The summed E-state index contributed by atoms with van der Waals surface area (Å²) in [5.74, 6) is 0.403. The van der Waals surface area contributed by atoms with Crippen LogP contribution in [0.15, 0.2) is 0 Å². The zero-order chi connectivity index (χ0) is 22.4. The highest BCUT2D eigenvalue weighted by atomic mass is 28.3. The van der Waals surface area contributed by atoms with Crippen molar-refractivity contribution in [2.24, 2.45) is 0 Å². The van der Waals surface area contributed by atoms with E-state index >= 15 is 0 Å². The molecule has 162 valence electrons. The monoisotopic (exact) mass is 428 g/mol. The standard InChI is InChI=1S/C19H28O9Si/c1-11(20)24-10-16-18(26-13(3)22)19(27-14(4)23)17(25-12(2)21)15(28-16)8-9-29(5,6)7/h15-19H,10H2,1-7H3. The van der Waals surface area contributed by atoms with Gasteiger partial charge in [0.25, 0.3) is 0 Å². The smallest absolute Gasteiger partial charge is 0.303 e. The summed E-state index contributed by atoms with van der Waals surface area (Å²) < 4.78 is 26.9. The number of hydrogen-bond donors (Lipinski definition) is 0. The van der Waals surface area contributed by atoms with E-state index in [2.05, 4.69) is 11.5 Å². The summed E-state index contributed by atoms with van der Waals surface area (Å²) in [5, 5.41) is 0. The van der Waals surface area contributed by atoms with Gasteiger partial charge in [-0.2, -0.15) is 0 Å². The summed E-state index contributed by atoms with van der Waals surface area (Å²) >= 11 is 0. The molecule has 0 aliphatic carbocycles. The van der Waals surface area contributed by atoms with Crippen LogP contribution in [0.25, 0.3) is 0 Å². The molecule has 1 heterocycles. The number of rotatable bonds is 5. The predicted octanol–water partition coefficient (Wildman–Crippen LogP) is 0.993. The number of ether oxygens (including phenoxy) is 5. The van der Waals surface area contributed by atoms with Crippen molar-refractivity contribution in [2.45, 2.75) is 77.9 Å². The first kappa shape index (κ1) is 24.7. The fourth-order valence-corrected chi connectivity index (χ4v) is 3.21. The van der Waals surface area contributed by atoms with E-state index in [1.165, 1.54) is 27.7 Å². The largest absolute Gasteiger partial charge is 0.463 e. The van der Waals surface area contributed by atoms with Crippen LogP contribution < -0.4 is 0 Å². The second-order valence-electron chi connectivity index (χ2n) is 7.64. The molecular weight excluding hydrogens is 400 g/mol. The van der Waals surface area contributed by atoms with E-state index in [0.29, 0.717) is 0 Å². The molecule has 0 spiro atoms. The minimum atomic E-state index is -1.83. The number of esters is 4. The highest BCUT2D eigenvalue weighted by molar-refractivity contribution is 6.83. The molecule has 0 bridgehead atoms. The molecule has 0 amide bonds. The van der Waals surface area contributed by atoms with Gasteiger partial charge in [-0.15, -0.1) is 5.54 Å². The first-order valence-electron chi connectivity index (χ1n) is 9.13. The SMILES string of the molecule is CC(=O)OCC1OC(C#C[Si](C)(C)C)C(OC(C)=O)C(OC(C)=O)C1OC(C)=O. The molecule has 0 radical (unpaired) electrons. The second-order valence-corrected chi connectivity index (χ2v) is 12.4. The zero-order valence-electron chi connectivity index (χ0n) is 17.8. The maximum atomic E-state index is 11.7. The topological polar surface area (TPSA) is 114 Å². The van der Waals surface area contributed by atoms with Crippen LogP contribution in [0.1, 0.15) is 27.7 Å². The van der Waals surface area contributed by atoms with Crippen molar-refractivity contribution in [2.75, 3.05) is 6.61 Å². The fourth-order valence-electron chi connectivity index (χ4n) is 2.63. The molecule has 0 aromatic rings. The lowest BCUT2D eigenvalue weighted by Gasteiger charge is -2.43. The molecule has 1 saturated heterocycles. The van der Waals surface area contributed by atoms with Crippen LogP contribution in [0.4, 0.5) is 0 Å². The maximum absolute atomic E-state index is 11.7. The van der Waals surface area contributed by atoms with Gasteiger partial charge in [0.15, 0.2) is 24.4 Å². The van der Waals surface area contributed by atoms with Crippen molar-refractivity contribution in [1.29, 1.82) is 0 Å². The first-order chi connectivity index (χ1) is 13.3. The summed E-state index contributed by atoms with van der Waals surface area (Å²) in [7, 11) is -1.83. The van der Waals surface area contributed by atoms with Crippen LogP contribution in [0.5, 0.6) is 0 Å². The third kappa shape index (κ3) is 8.66. The Kier molecular flexibility index (Phi) is 8.85. The van der Waals surface area contributed by atoms with E-state index in [4.69, 9.17) is 23.7 Å². The Morgan fingerprint density at radius 3 is 1.72 bits per heavy atom.